The fraction of sp³-hybridized carbons (Fsp3) is 0.529. The molecule has 4 nitrogen and oxygen atoms in total. The molecule has 0 aliphatic carbocycles. The molecular weight excluding hydrogens is 266 g/mol. The van der Waals surface area contributed by atoms with Crippen LogP contribution in [0.1, 0.15) is 57.3 Å². The molecule has 0 saturated carbocycles. The number of rotatable bonds is 4. The Balaban J connectivity index is 2.53. The Morgan fingerprint density at radius 2 is 1.90 bits per heavy atom. The molecule has 2 rings (SSSR count). The number of ketones is 1. The van der Waals surface area contributed by atoms with E-state index in [1.807, 2.05) is 6.92 Å². The monoisotopic (exact) mass is 289 g/mol. The van der Waals surface area contributed by atoms with E-state index in [-0.39, 0.29) is 17.3 Å². The number of hydrogen-bond donors (Lipinski definition) is 0. The lowest BCUT2D eigenvalue weighted by molar-refractivity contribution is -0.119. The molecule has 0 fully saturated rings. The Hall–Kier alpha value is -1.84. The zero-order valence-corrected chi connectivity index (χ0v) is 13.2. The molecule has 0 bridgehead atoms. The predicted molar refractivity (Wildman–Crippen MR) is 83.0 cm³/mol. The van der Waals surface area contributed by atoms with Crippen LogP contribution >= 0.6 is 0 Å². The molecule has 1 aromatic rings. The molecule has 1 aromatic carbocycles. The summed E-state index contributed by atoms with van der Waals surface area (Å²) in [7, 11) is 0. The van der Waals surface area contributed by atoms with Gasteiger partial charge in [-0.1, -0.05) is 20.8 Å². The Bertz CT molecular complexity index is 561. The number of carbonyl (C=O) groups is 2. The van der Waals surface area contributed by atoms with Crippen molar-refractivity contribution in [3.63, 3.8) is 0 Å². The van der Waals surface area contributed by atoms with Gasteiger partial charge in [-0.3, -0.25) is 9.59 Å². The first-order chi connectivity index (χ1) is 9.96. The van der Waals surface area contributed by atoms with Crippen molar-refractivity contribution in [2.45, 2.75) is 52.6 Å². The molecule has 1 aliphatic rings. The zero-order chi connectivity index (χ0) is 15.6. The third-order valence-electron chi connectivity index (χ3n) is 4.32. The molecule has 1 amide bonds. The van der Waals surface area contributed by atoms with Crippen molar-refractivity contribution in [1.29, 1.82) is 0 Å². The highest BCUT2D eigenvalue weighted by molar-refractivity contribution is 5.99. The number of anilines is 1. The van der Waals surface area contributed by atoms with E-state index >= 15 is 0 Å². The van der Waals surface area contributed by atoms with Crippen LogP contribution < -0.4 is 9.64 Å². The Labute approximate surface area is 126 Å². The predicted octanol–water partition coefficient (Wildman–Crippen LogP) is 3.58. The highest BCUT2D eigenvalue weighted by atomic mass is 16.5. The third-order valence-corrected chi connectivity index (χ3v) is 4.32. The standard InChI is InChI=1S/C17H23NO3/c1-5-16(20)18-11-17(6-2,7-3)21-15-9-8-13(12(4)19)10-14(15)18/h8-10H,5-7,11H2,1-4H3. The van der Waals surface area contributed by atoms with E-state index in [1.165, 1.54) is 6.92 Å². The molecule has 0 radical (unpaired) electrons. The SMILES string of the molecule is CCC(=O)N1CC(CC)(CC)Oc2ccc(C(C)=O)cc21. The van der Waals surface area contributed by atoms with Gasteiger partial charge in [0.05, 0.1) is 12.2 Å². The fourth-order valence-corrected chi connectivity index (χ4v) is 2.70. The molecule has 114 valence electrons. The third kappa shape index (κ3) is 2.80. The number of Topliss-reactive ketones (excluding diaryl/α,β-unsaturated/α-hetero) is 1. The quantitative estimate of drug-likeness (QED) is 0.796. The van der Waals surface area contributed by atoms with Gasteiger partial charge in [0.25, 0.3) is 0 Å². The summed E-state index contributed by atoms with van der Waals surface area (Å²) in [5.41, 5.74) is 0.981. The highest BCUT2D eigenvalue weighted by Crippen LogP contribution is 2.40. The van der Waals surface area contributed by atoms with E-state index in [4.69, 9.17) is 4.74 Å². The molecule has 0 atom stereocenters. The number of hydrogen-bond acceptors (Lipinski definition) is 3. The average Bonchev–Trinajstić information content (AvgIpc) is 2.52. The van der Waals surface area contributed by atoms with Crippen molar-refractivity contribution in [3.8, 4) is 5.75 Å². The van der Waals surface area contributed by atoms with Gasteiger partial charge >= 0.3 is 0 Å². The van der Waals surface area contributed by atoms with Crippen molar-refractivity contribution < 1.29 is 14.3 Å². The maximum absolute atomic E-state index is 12.3. The fourth-order valence-electron chi connectivity index (χ4n) is 2.70. The number of amides is 1. The summed E-state index contributed by atoms with van der Waals surface area (Å²) in [4.78, 5) is 25.7. The molecule has 1 aliphatic heterocycles. The molecule has 4 heteroatoms. The van der Waals surface area contributed by atoms with Crippen LogP contribution in [0.2, 0.25) is 0 Å². The van der Waals surface area contributed by atoms with E-state index in [2.05, 4.69) is 13.8 Å². The highest BCUT2D eigenvalue weighted by Gasteiger charge is 2.39. The minimum absolute atomic E-state index is 0.00971. The zero-order valence-electron chi connectivity index (χ0n) is 13.2. The van der Waals surface area contributed by atoms with Gasteiger partial charge in [-0.05, 0) is 38.0 Å². The lowest BCUT2D eigenvalue weighted by Gasteiger charge is -2.43. The first-order valence-corrected chi connectivity index (χ1v) is 7.60. The van der Waals surface area contributed by atoms with Gasteiger partial charge in [-0.25, -0.2) is 0 Å². The largest absolute Gasteiger partial charge is 0.483 e. The maximum Gasteiger partial charge on any atom is 0.226 e. The van der Waals surface area contributed by atoms with Crippen LogP contribution in [0, 0.1) is 0 Å². The van der Waals surface area contributed by atoms with Crippen LogP contribution in [0.3, 0.4) is 0 Å². The lowest BCUT2D eigenvalue weighted by Crippen LogP contribution is -2.52. The van der Waals surface area contributed by atoms with Crippen LogP contribution in [0.4, 0.5) is 5.69 Å². The van der Waals surface area contributed by atoms with Gasteiger partial charge < -0.3 is 9.64 Å². The van der Waals surface area contributed by atoms with Crippen LogP contribution in [-0.4, -0.2) is 23.8 Å². The number of carbonyl (C=O) groups excluding carboxylic acids is 2. The number of ether oxygens (including phenoxy) is 1. The Morgan fingerprint density at radius 1 is 1.24 bits per heavy atom. The minimum Gasteiger partial charge on any atom is -0.483 e. The van der Waals surface area contributed by atoms with Gasteiger partial charge in [0.15, 0.2) is 5.78 Å². The van der Waals surface area contributed by atoms with Gasteiger partial charge in [0, 0.05) is 12.0 Å². The van der Waals surface area contributed by atoms with E-state index in [0.717, 1.165) is 12.8 Å². The lowest BCUT2D eigenvalue weighted by atomic mass is 9.93. The van der Waals surface area contributed by atoms with Crippen molar-refractivity contribution >= 4 is 17.4 Å². The second-order valence-corrected chi connectivity index (χ2v) is 5.56. The van der Waals surface area contributed by atoms with Crippen LogP contribution in [0.5, 0.6) is 5.75 Å². The number of nitrogens with zero attached hydrogens (tertiary/aromatic N) is 1. The first-order valence-electron chi connectivity index (χ1n) is 7.60. The van der Waals surface area contributed by atoms with E-state index in [0.29, 0.717) is 30.0 Å². The summed E-state index contributed by atoms with van der Waals surface area (Å²) in [5, 5.41) is 0. The van der Waals surface area contributed by atoms with Crippen molar-refractivity contribution in [3.05, 3.63) is 23.8 Å². The minimum atomic E-state index is -0.338. The molecule has 1 heterocycles. The smallest absolute Gasteiger partial charge is 0.226 e. The van der Waals surface area contributed by atoms with Crippen molar-refractivity contribution in [1.82, 2.24) is 0 Å². The van der Waals surface area contributed by atoms with Gasteiger partial charge in [-0.2, -0.15) is 0 Å². The van der Waals surface area contributed by atoms with E-state index in [1.54, 1.807) is 23.1 Å². The van der Waals surface area contributed by atoms with Gasteiger partial charge in [0.2, 0.25) is 5.91 Å². The van der Waals surface area contributed by atoms with Crippen molar-refractivity contribution in [2.75, 3.05) is 11.4 Å². The van der Waals surface area contributed by atoms with Crippen molar-refractivity contribution in [2.24, 2.45) is 0 Å². The normalized spacial score (nSPS) is 16.1. The Kier molecular flexibility index (Phi) is 4.35. The summed E-state index contributed by atoms with van der Waals surface area (Å²) >= 11 is 0. The van der Waals surface area contributed by atoms with Gasteiger partial charge in [0.1, 0.15) is 11.4 Å². The summed E-state index contributed by atoms with van der Waals surface area (Å²) in [5.74, 6) is 0.743. The number of fused-ring (bicyclic) bond motifs is 1. The maximum atomic E-state index is 12.3. The molecule has 0 unspecified atom stereocenters. The average molecular weight is 289 g/mol. The second kappa shape index (κ2) is 5.88. The summed E-state index contributed by atoms with van der Waals surface area (Å²) < 4.78 is 6.17. The second-order valence-electron chi connectivity index (χ2n) is 5.56. The summed E-state index contributed by atoms with van der Waals surface area (Å²) in [6.07, 6.45) is 2.11. The Morgan fingerprint density at radius 3 is 2.43 bits per heavy atom. The topological polar surface area (TPSA) is 46.6 Å². The molecule has 0 saturated heterocycles. The van der Waals surface area contributed by atoms with E-state index < -0.39 is 0 Å². The summed E-state index contributed by atoms with van der Waals surface area (Å²) in [6.45, 7) is 8.08. The number of benzene rings is 1. The van der Waals surface area contributed by atoms with Gasteiger partial charge in [-0.15, -0.1) is 0 Å². The molecule has 0 aromatic heterocycles. The molecule has 0 N–H and O–H groups in total. The van der Waals surface area contributed by atoms with Crippen LogP contribution in [-0.2, 0) is 4.79 Å². The van der Waals surface area contributed by atoms with Crippen LogP contribution in [0.25, 0.3) is 0 Å². The molecular formula is C17H23NO3. The van der Waals surface area contributed by atoms with E-state index in [9.17, 15) is 9.59 Å². The molecule has 21 heavy (non-hydrogen) atoms. The summed E-state index contributed by atoms with van der Waals surface area (Å²) in [6, 6.07) is 5.33. The first kappa shape index (κ1) is 15.5. The van der Waals surface area contributed by atoms with Crippen LogP contribution in [0.15, 0.2) is 18.2 Å². The molecule has 0 spiro atoms.